The second kappa shape index (κ2) is 6.50. The van der Waals surface area contributed by atoms with Crippen LogP contribution in [0.15, 0.2) is 24.3 Å². The van der Waals surface area contributed by atoms with Crippen LogP contribution in [0.25, 0.3) is 10.1 Å². The van der Waals surface area contributed by atoms with Crippen molar-refractivity contribution in [1.29, 1.82) is 0 Å². The van der Waals surface area contributed by atoms with Crippen molar-refractivity contribution in [3.63, 3.8) is 0 Å². The van der Waals surface area contributed by atoms with Gasteiger partial charge >= 0.3 is 0 Å². The van der Waals surface area contributed by atoms with E-state index in [9.17, 15) is 4.79 Å². The molecule has 2 aliphatic carbocycles. The fourth-order valence-corrected chi connectivity index (χ4v) is 5.57. The molecule has 2 saturated carbocycles. The second-order valence-corrected chi connectivity index (χ2v) is 8.41. The van der Waals surface area contributed by atoms with E-state index in [0.29, 0.717) is 21.1 Å². The topological polar surface area (TPSA) is 53.2 Å². The molecular weight excluding hydrogens is 362 g/mol. The van der Waals surface area contributed by atoms with Gasteiger partial charge in [0, 0.05) is 16.1 Å². The summed E-state index contributed by atoms with van der Waals surface area (Å²) in [6, 6.07) is 8.16. The number of thiophene rings is 1. The number of halogens is 1. The molecule has 126 valence electrons. The van der Waals surface area contributed by atoms with Gasteiger partial charge in [-0.1, -0.05) is 36.2 Å². The highest BCUT2D eigenvalue weighted by molar-refractivity contribution is 7.80. The van der Waals surface area contributed by atoms with Crippen molar-refractivity contribution in [3.05, 3.63) is 34.2 Å². The second-order valence-electron chi connectivity index (χ2n) is 6.58. The van der Waals surface area contributed by atoms with Crippen LogP contribution in [0.5, 0.6) is 0 Å². The number of benzene rings is 1. The Hall–Kier alpha value is -1.37. The van der Waals surface area contributed by atoms with Crippen molar-refractivity contribution in [1.82, 2.24) is 16.2 Å². The lowest BCUT2D eigenvalue weighted by atomic mass is 9.96. The predicted molar refractivity (Wildman–Crippen MR) is 102 cm³/mol. The number of carbonyl (C=O) groups is 1. The van der Waals surface area contributed by atoms with E-state index < -0.39 is 0 Å². The highest BCUT2D eigenvalue weighted by atomic mass is 35.5. The average Bonchev–Trinajstić information content (AvgIpc) is 3.28. The first kappa shape index (κ1) is 16.1. The summed E-state index contributed by atoms with van der Waals surface area (Å²) in [4.78, 5) is 12.9. The average molecular weight is 380 g/mol. The summed E-state index contributed by atoms with van der Waals surface area (Å²) < 4.78 is 0.996. The molecule has 1 aromatic heterocycles. The van der Waals surface area contributed by atoms with Crippen molar-refractivity contribution in [3.8, 4) is 0 Å². The van der Waals surface area contributed by atoms with Crippen LogP contribution < -0.4 is 16.2 Å². The smallest absolute Gasteiger partial charge is 0.281 e. The molecule has 0 radical (unpaired) electrons. The largest absolute Gasteiger partial charge is 0.358 e. The third kappa shape index (κ3) is 2.98. The van der Waals surface area contributed by atoms with E-state index in [-0.39, 0.29) is 5.91 Å². The van der Waals surface area contributed by atoms with E-state index in [4.69, 9.17) is 23.8 Å². The van der Waals surface area contributed by atoms with E-state index in [1.807, 2.05) is 24.3 Å². The van der Waals surface area contributed by atoms with Crippen LogP contribution in [0.2, 0.25) is 5.02 Å². The Balaban J connectivity index is 1.35. The Morgan fingerprint density at radius 2 is 2.04 bits per heavy atom. The van der Waals surface area contributed by atoms with Crippen LogP contribution in [-0.2, 0) is 0 Å². The number of hydrogen-bond donors (Lipinski definition) is 3. The Morgan fingerprint density at radius 1 is 1.21 bits per heavy atom. The Morgan fingerprint density at radius 3 is 2.75 bits per heavy atom. The van der Waals surface area contributed by atoms with Crippen molar-refractivity contribution in [2.75, 3.05) is 0 Å². The summed E-state index contributed by atoms with van der Waals surface area (Å²) in [5, 5.41) is 5.19. The fraction of sp³-hybridized carbons (Fsp3) is 0.412. The van der Waals surface area contributed by atoms with Gasteiger partial charge in [-0.25, -0.2) is 0 Å². The summed E-state index contributed by atoms with van der Waals surface area (Å²) in [6.45, 7) is 0. The number of fused-ring (bicyclic) bond motifs is 3. The number of nitrogens with one attached hydrogen (secondary N) is 3. The zero-order chi connectivity index (χ0) is 16.7. The van der Waals surface area contributed by atoms with Crippen LogP contribution >= 0.6 is 35.2 Å². The summed E-state index contributed by atoms with van der Waals surface area (Å²) in [6.07, 6.45) is 5.13. The zero-order valence-electron chi connectivity index (χ0n) is 13.0. The molecule has 3 N–H and O–H groups in total. The molecule has 2 aromatic rings. The van der Waals surface area contributed by atoms with Gasteiger partial charge in [0.1, 0.15) is 4.88 Å². The SMILES string of the molecule is O=C(NNC(=S)NC1CC2CCC1C2)c1sc2ccccc2c1Cl. The van der Waals surface area contributed by atoms with Gasteiger partial charge in [0.2, 0.25) is 0 Å². The lowest BCUT2D eigenvalue weighted by molar-refractivity contribution is 0.0947. The highest BCUT2D eigenvalue weighted by Crippen LogP contribution is 2.44. The third-order valence-corrected chi connectivity index (χ3v) is 6.98. The molecule has 0 saturated heterocycles. The Kier molecular flexibility index (Phi) is 4.37. The summed E-state index contributed by atoms with van der Waals surface area (Å²) >= 11 is 13.0. The normalized spacial score (nSPS) is 25.0. The van der Waals surface area contributed by atoms with Crippen LogP contribution in [0.4, 0.5) is 0 Å². The number of hydrogen-bond acceptors (Lipinski definition) is 3. The maximum Gasteiger partial charge on any atom is 0.281 e. The first-order valence-electron chi connectivity index (χ1n) is 8.15. The van der Waals surface area contributed by atoms with Crippen molar-refractivity contribution in [2.45, 2.75) is 31.7 Å². The first-order chi connectivity index (χ1) is 11.6. The molecule has 3 atom stereocenters. The molecule has 2 bridgehead atoms. The molecule has 1 heterocycles. The number of amides is 1. The molecule has 2 aliphatic rings. The minimum Gasteiger partial charge on any atom is -0.358 e. The first-order valence-corrected chi connectivity index (χ1v) is 9.76. The van der Waals surface area contributed by atoms with Gasteiger partial charge in [-0.15, -0.1) is 11.3 Å². The van der Waals surface area contributed by atoms with Gasteiger partial charge in [-0.3, -0.25) is 15.6 Å². The maximum absolute atomic E-state index is 12.4. The zero-order valence-corrected chi connectivity index (χ0v) is 15.4. The standard InChI is InChI=1S/C17H18ClN3OS2/c18-14-11-3-1-2-4-13(11)24-15(14)16(22)20-21-17(23)19-12-8-9-5-6-10(12)7-9/h1-4,9-10,12H,5-8H2,(H,20,22)(H2,19,21,23). The van der Waals surface area contributed by atoms with Gasteiger partial charge in [0.05, 0.1) is 5.02 Å². The van der Waals surface area contributed by atoms with Gasteiger partial charge in [0.15, 0.2) is 5.11 Å². The highest BCUT2D eigenvalue weighted by Gasteiger charge is 2.39. The van der Waals surface area contributed by atoms with Crippen molar-refractivity contribution >= 4 is 56.3 Å². The number of carbonyl (C=O) groups excluding carboxylic acids is 1. The molecule has 4 rings (SSSR count). The van der Waals surface area contributed by atoms with Crippen LogP contribution in [-0.4, -0.2) is 17.1 Å². The van der Waals surface area contributed by atoms with Crippen molar-refractivity contribution in [2.24, 2.45) is 11.8 Å². The monoisotopic (exact) mass is 379 g/mol. The molecule has 1 amide bonds. The van der Waals surface area contributed by atoms with Crippen LogP contribution in [0, 0.1) is 11.8 Å². The molecule has 4 nitrogen and oxygen atoms in total. The lowest BCUT2D eigenvalue weighted by Crippen LogP contribution is -2.50. The van der Waals surface area contributed by atoms with Gasteiger partial charge in [-0.2, -0.15) is 0 Å². The number of thiocarbonyl (C=S) groups is 1. The maximum atomic E-state index is 12.4. The van der Waals surface area contributed by atoms with E-state index in [1.165, 1.54) is 37.0 Å². The number of rotatable bonds is 2. The minimum absolute atomic E-state index is 0.265. The molecular formula is C17H18ClN3OS2. The van der Waals surface area contributed by atoms with E-state index in [1.54, 1.807) is 0 Å². The summed E-state index contributed by atoms with van der Waals surface area (Å²) in [5.74, 6) is 1.31. The van der Waals surface area contributed by atoms with E-state index in [2.05, 4.69) is 16.2 Å². The number of hydrazine groups is 1. The molecule has 0 spiro atoms. The van der Waals surface area contributed by atoms with Gasteiger partial charge in [-0.05, 0) is 49.4 Å². The van der Waals surface area contributed by atoms with Crippen molar-refractivity contribution < 1.29 is 4.79 Å². The summed E-state index contributed by atoms with van der Waals surface area (Å²) in [5.41, 5.74) is 5.46. The van der Waals surface area contributed by atoms with Crippen LogP contribution in [0.3, 0.4) is 0 Å². The third-order valence-electron chi connectivity index (χ3n) is 5.09. The summed E-state index contributed by atoms with van der Waals surface area (Å²) in [7, 11) is 0. The Labute approximate surface area is 154 Å². The molecule has 7 heteroatoms. The van der Waals surface area contributed by atoms with E-state index >= 15 is 0 Å². The molecule has 1 aromatic carbocycles. The minimum atomic E-state index is -0.265. The fourth-order valence-electron chi connectivity index (χ4n) is 3.96. The predicted octanol–water partition coefficient (Wildman–Crippen LogP) is 3.85. The molecule has 24 heavy (non-hydrogen) atoms. The van der Waals surface area contributed by atoms with Gasteiger partial charge < -0.3 is 5.32 Å². The lowest BCUT2D eigenvalue weighted by Gasteiger charge is -2.24. The molecule has 0 aliphatic heterocycles. The Bertz CT molecular complexity index is 806. The molecule has 3 unspecified atom stereocenters. The van der Waals surface area contributed by atoms with Gasteiger partial charge in [0.25, 0.3) is 5.91 Å². The van der Waals surface area contributed by atoms with Crippen LogP contribution in [0.1, 0.15) is 35.4 Å². The molecule has 2 fully saturated rings. The van der Waals surface area contributed by atoms with E-state index in [0.717, 1.165) is 21.9 Å². The quantitative estimate of drug-likeness (QED) is 0.548.